The average Bonchev–Trinajstić information content (AvgIpc) is 3.02. The lowest BCUT2D eigenvalue weighted by Gasteiger charge is -2.06. The monoisotopic (exact) mass is 299 g/mol. The molecule has 1 aromatic heterocycles. The van der Waals surface area contributed by atoms with Crippen LogP contribution in [0.15, 0.2) is 48.5 Å². The highest BCUT2D eigenvalue weighted by Crippen LogP contribution is 2.18. The number of carbonyl (C=O) groups excluding carboxylic acids is 1. The number of rotatable bonds is 3. The van der Waals surface area contributed by atoms with Crippen molar-refractivity contribution in [3.05, 3.63) is 59.1 Å². The number of nitrogens with zero attached hydrogens (tertiary/aromatic N) is 3. The molecule has 1 amide bonds. The molecule has 3 aromatic rings. The van der Waals surface area contributed by atoms with Gasteiger partial charge in [-0.2, -0.15) is 5.21 Å². The minimum absolute atomic E-state index is 0.218. The smallest absolute Gasteiger partial charge is 0.255 e. The summed E-state index contributed by atoms with van der Waals surface area (Å²) in [6.45, 7) is 0. The lowest BCUT2D eigenvalue weighted by Crippen LogP contribution is -2.11. The van der Waals surface area contributed by atoms with Gasteiger partial charge in [0.1, 0.15) is 0 Å². The predicted octanol–water partition coefficient (Wildman–Crippen LogP) is 2.77. The Morgan fingerprint density at radius 3 is 2.62 bits per heavy atom. The summed E-state index contributed by atoms with van der Waals surface area (Å²) in [7, 11) is 0. The van der Waals surface area contributed by atoms with Gasteiger partial charge in [-0.1, -0.05) is 17.7 Å². The van der Waals surface area contributed by atoms with Crippen LogP contribution in [0.1, 0.15) is 10.4 Å². The number of aromatic nitrogens is 4. The molecule has 7 heteroatoms. The number of H-pyrrole nitrogens is 1. The van der Waals surface area contributed by atoms with E-state index in [1.165, 1.54) is 0 Å². The Kier molecular flexibility index (Phi) is 3.61. The summed E-state index contributed by atoms with van der Waals surface area (Å²) < 4.78 is 0. The maximum atomic E-state index is 12.1. The molecule has 2 N–H and O–H groups in total. The molecule has 2 aromatic carbocycles. The van der Waals surface area contributed by atoms with E-state index in [0.717, 1.165) is 5.56 Å². The van der Waals surface area contributed by atoms with Crippen molar-refractivity contribution in [3.8, 4) is 11.4 Å². The molecular formula is C14H10ClN5O. The molecular weight excluding hydrogens is 290 g/mol. The first-order valence-corrected chi connectivity index (χ1v) is 6.51. The lowest BCUT2D eigenvalue weighted by atomic mass is 10.1. The standard InChI is InChI=1S/C14H10ClN5O/c15-11-3-1-2-10(8-11)14(21)16-12-6-4-9(5-7-12)13-17-19-20-18-13/h1-8H,(H,16,21)(H,17,18,19,20). The SMILES string of the molecule is O=C(Nc1ccc(-c2nn[nH]n2)cc1)c1cccc(Cl)c1. The highest BCUT2D eigenvalue weighted by molar-refractivity contribution is 6.31. The lowest BCUT2D eigenvalue weighted by molar-refractivity contribution is 0.102. The summed E-state index contributed by atoms with van der Waals surface area (Å²) in [5.41, 5.74) is 1.99. The molecule has 0 aliphatic rings. The summed E-state index contributed by atoms with van der Waals surface area (Å²) >= 11 is 5.87. The molecule has 104 valence electrons. The van der Waals surface area contributed by atoms with Crippen LogP contribution in [0.3, 0.4) is 0 Å². The van der Waals surface area contributed by atoms with Gasteiger partial charge in [-0.05, 0) is 47.7 Å². The number of nitrogens with one attached hydrogen (secondary N) is 2. The molecule has 0 atom stereocenters. The third-order valence-corrected chi connectivity index (χ3v) is 3.07. The topological polar surface area (TPSA) is 83.6 Å². The van der Waals surface area contributed by atoms with Crippen LogP contribution in [0.2, 0.25) is 5.02 Å². The van der Waals surface area contributed by atoms with Gasteiger partial charge in [-0.25, -0.2) is 0 Å². The van der Waals surface area contributed by atoms with E-state index < -0.39 is 0 Å². The van der Waals surface area contributed by atoms with Crippen molar-refractivity contribution in [2.24, 2.45) is 0 Å². The van der Waals surface area contributed by atoms with E-state index in [9.17, 15) is 4.79 Å². The zero-order valence-corrected chi connectivity index (χ0v) is 11.5. The quantitative estimate of drug-likeness (QED) is 0.779. The van der Waals surface area contributed by atoms with Crippen molar-refractivity contribution < 1.29 is 4.79 Å². The first-order chi connectivity index (χ1) is 10.2. The van der Waals surface area contributed by atoms with Crippen LogP contribution in [-0.4, -0.2) is 26.5 Å². The molecule has 0 unspecified atom stereocenters. The fraction of sp³-hybridized carbons (Fsp3) is 0. The van der Waals surface area contributed by atoms with E-state index in [1.807, 2.05) is 0 Å². The number of anilines is 1. The van der Waals surface area contributed by atoms with Gasteiger partial charge in [0.15, 0.2) is 0 Å². The van der Waals surface area contributed by atoms with Crippen molar-refractivity contribution in [1.29, 1.82) is 0 Å². The third kappa shape index (κ3) is 3.06. The average molecular weight is 300 g/mol. The van der Waals surface area contributed by atoms with Crippen LogP contribution in [0.25, 0.3) is 11.4 Å². The van der Waals surface area contributed by atoms with Crippen molar-refractivity contribution in [2.45, 2.75) is 0 Å². The zero-order valence-electron chi connectivity index (χ0n) is 10.7. The fourth-order valence-electron chi connectivity index (χ4n) is 1.82. The molecule has 0 spiro atoms. The van der Waals surface area contributed by atoms with Crippen molar-refractivity contribution >= 4 is 23.2 Å². The van der Waals surface area contributed by atoms with Crippen LogP contribution in [0, 0.1) is 0 Å². The predicted molar refractivity (Wildman–Crippen MR) is 79.0 cm³/mol. The summed E-state index contributed by atoms with van der Waals surface area (Å²) in [6.07, 6.45) is 0. The Balaban J connectivity index is 1.75. The second-order valence-electron chi connectivity index (χ2n) is 4.28. The molecule has 0 saturated carbocycles. The van der Waals surface area contributed by atoms with E-state index in [4.69, 9.17) is 11.6 Å². The summed E-state index contributed by atoms with van der Waals surface area (Å²) in [4.78, 5) is 12.1. The Hall–Kier alpha value is -2.73. The number of tetrazole rings is 1. The number of benzene rings is 2. The Labute approximate surface area is 125 Å². The normalized spacial score (nSPS) is 10.3. The number of hydrogen-bond acceptors (Lipinski definition) is 4. The Morgan fingerprint density at radius 1 is 1.14 bits per heavy atom. The Morgan fingerprint density at radius 2 is 1.95 bits per heavy atom. The molecule has 0 fully saturated rings. The van der Waals surface area contributed by atoms with Crippen LogP contribution < -0.4 is 5.32 Å². The van der Waals surface area contributed by atoms with Gasteiger partial charge in [0.05, 0.1) is 0 Å². The second-order valence-corrected chi connectivity index (χ2v) is 4.71. The number of hydrogen-bond donors (Lipinski definition) is 2. The molecule has 0 radical (unpaired) electrons. The van der Waals surface area contributed by atoms with Crippen molar-refractivity contribution in [3.63, 3.8) is 0 Å². The van der Waals surface area contributed by atoms with Gasteiger partial charge in [0, 0.05) is 21.8 Å². The van der Waals surface area contributed by atoms with Crippen LogP contribution in [0.4, 0.5) is 5.69 Å². The van der Waals surface area contributed by atoms with Gasteiger partial charge in [0.2, 0.25) is 5.82 Å². The van der Waals surface area contributed by atoms with Gasteiger partial charge in [0.25, 0.3) is 5.91 Å². The first-order valence-electron chi connectivity index (χ1n) is 6.13. The first kappa shape index (κ1) is 13.3. The number of aromatic amines is 1. The molecule has 21 heavy (non-hydrogen) atoms. The maximum Gasteiger partial charge on any atom is 0.255 e. The van der Waals surface area contributed by atoms with Crippen LogP contribution in [-0.2, 0) is 0 Å². The van der Waals surface area contributed by atoms with Crippen molar-refractivity contribution in [1.82, 2.24) is 20.6 Å². The summed E-state index contributed by atoms with van der Waals surface area (Å²) in [5, 5.41) is 17.0. The van der Waals surface area contributed by atoms with E-state index in [0.29, 0.717) is 22.1 Å². The molecule has 3 rings (SSSR count). The van der Waals surface area contributed by atoms with Crippen LogP contribution >= 0.6 is 11.6 Å². The van der Waals surface area contributed by atoms with Crippen molar-refractivity contribution in [2.75, 3.05) is 5.32 Å². The zero-order chi connectivity index (χ0) is 14.7. The molecule has 0 saturated heterocycles. The minimum Gasteiger partial charge on any atom is -0.322 e. The number of carbonyl (C=O) groups is 1. The highest BCUT2D eigenvalue weighted by Gasteiger charge is 2.07. The second kappa shape index (κ2) is 5.72. The Bertz CT molecular complexity index is 755. The van der Waals surface area contributed by atoms with E-state index in [-0.39, 0.29) is 5.91 Å². The number of amides is 1. The largest absolute Gasteiger partial charge is 0.322 e. The molecule has 1 heterocycles. The summed E-state index contributed by atoms with van der Waals surface area (Å²) in [6, 6.07) is 13.9. The number of halogens is 1. The van der Waals surface area contributed by atoms with E-state index in [1.54, 1.807) is 48.5 Å². The molecule has 0 bridgehead atoms. The van der Waals surface area contributed by atoms with E-state index >= 15 is 0 Å². The summed E-state index contributed by atoms with van der Waals surface area (Å²) in [5.74, 6) is 0.285. The maximum absolute atomic E-state index is 12.1. The highest BCUT2D eigenvalue weighted by atomic mass is 35.5. The van der Waals surface area contributed by atoms with Gasteiger partial charge in [-0.15, -0.1) is 10.2 Å². The minimum atomic E-state index is -0.218. The molecule has 6 nitrogen and oxygen atoms in total. The molecule has 0 aliphatic carbocycles. The van der Waals surface area contributed by atoms with Crippen LogP contribution in [0.5, 0.6) is 0 Å². The van der Waals surface area contributed by atoms with Gasteiger partial charge < -0.3 is 5.32 Å². The van der Waals surface area contributed by atoms with Gasteiger partial charge >= 0.3 is 0 Å². The fourth-order valence-corrected chi connectivity index (χ4v) is 2.01. The van der Waals surface area contributed by atoms with E-state index in [2.05, 4.69) is 25.9 Å². The molecule has 0 aliphatic heterocycles. The van der Waals surface area contributed by atoms with Gasteiger partial charge in [-0.3, -0.25) is 4.79 Å². The third-order valence-electron chi connectivity index (χ3n) is 2.83.